The van der Waals surface area contributed by atoms with Gasteiger partial charge in [-0.05, 0) is 12.8 Å². The smallest absolute Gasteiger partial charge is 0.332 e. The van der Waals surface area contributed by atoms with Gasteiger partial charge in [0.05, 0.1) is 0 Å². The van der Waals surface area contributed by atoms with Crippen LogP contribution in [0.5, 0.6) is 0 Å². The van der Waals surface area contributed by atoms with E-state index in [1.807, 2.05) is 0 Å². The van der Waals surface area contributed by atoms with Gasteiger partial charge in [-0.15, -0.1) is 6.58 Å². The van der Waals surface area contributed by atoms with Gasteiger partial charge in [0.2, 0.25) is 0 Å². The monoisotopic (exact) mass is 235 g/mol. The van der Waals surface area contributed by atoms with Crippen LogP contribution in [0.25, 0.3) is 0 Å². The summed E-state index contributed by atoms with van der Waals surface area (Å²) in [7, 11) is 1.50. The summed E-state index contributed by atoms with van der Waals surface area (Å²) in [5.74, 6) is 0.718. The summed E-state index contributed by atoms with van der Waals surface area (Å²) < 4.78 is 2.72. The van der Waals surface area contributed by atoms with E-state index in [4.69, 9.17) is 0 Å². The van der Waals surface area contributed by atoms with Gasteiger partial charge >= 0.3 is 5.69 Å². The molecular formula is C12H17N3O2. The molecule has 92 valence electrons. The lowest BCUT2D eigenvalue weighted by Gasteiger charge is -2.22. The first-order chi connectivity index (χ1) is 8.15. The SMILES string of the molecule is C=CCn1c(N2CCCC2)cc(=O)n(C)c1=O. The van der Waals surface area contributed by atoms with Crippen LogP contribution in [0.1, 0.15) is 12.8 Å². The van der Waals surface area contributed by atoms with Crippen molar-refractivity contribution in [2.45, 2.75) is 19.4 Å². The average molecular weight is 235 g/mol. The first kappa shape index (κ1) is 11.7. The maximum atomic E-state index is 12.0. The molecule has 0 amide bonds. The second kappa shape index (κ2) is 4.61. The molecule has 0 atom stereocenters. The molecule has 0 aromatic carbocycles. The van der Waals surface area contributed by atoms with Crippen LogP contribution >= 0.6 is 0 Å². The lowest BCUT2D eigenvalue weighted by atomic mass is 10.4. The number of allylic oxidation sites excluding steroid dienone is 1. The van der Waals surface area contributed by atoms with Crippen molar-refractivity contribution in [3.05, 3.63) is 39.6 Å². The van der Waals surface area contributed by atoms with E-state index in [1.54, 1.807) is 10.6 Å². The first-order valence-electron chi connectivity index (χ1n) is 5.82. The molecule has 0 unspecified atom stereocenters. The molecule has 1 aromatic heterocycles. The third-order valence-corrected chi connectivity index (χ3v) is 3.12. The topological polar surface area (TPSA) is 47.2 Å². The Morgan fingerprint density at radius 2 is 2.00 bits per heavy atom. The van der Waals surface area contributed by atoms with Gasteiger partial charge in [0, 0.05) is 32.7 Å². The molecule has 0 spiro atoms. The molecule has 0 bridgehead atoms. The normalized spacial score (nSPS) is 15.2. The molecule has 0 radical (unpaired) electrons. The van der Waals surface area contributed by atoms with Crippen LogP contribution < -0.4 is 16.1 Å². The lowest BCUT2D eigenvalue weighted by molar-refractivity contribution is 0.643. The number of anilines is 1. The van der Waals surface area contributed by atoms with Crippen LogP contribution in [-0.4, -0.2) is 22.2 Å². The second-order valence-corrected chi connectivity index (χ2v) is 4.28. The highest BCUT2D eigenvalue weighted by Crippen LogP contribution is 2.17. The minimum atomic E-state index is -0.278. The van der Waals surface area contributed by atoms with Gasteiger partial charge in [-0.2, -0.15) is 0 Å². The van der Waals surface area contributed by atoms with Crippen molar-refractivity contribution >= 4 is 5.82 Å². The Labute approximate surface area is 99.6 Å². The van der Waals surface area contributed by atoms with Crippen LogP contribution in [0, 0.1) is 0 Å². The van der Waals surface area contributed by atoms with Gasteiger partial charge in [0.1, 0.15) is 5.82 Å². The largest absolute Gasteiger partial charge is 0.358 e. The van der Waals surface area contributed by atoms with Gasteiger partial charge in [-0.3, -0.25) is 13.9 Å². The van der Waals surface area contributed by atoms with Crippen molar-refractivity contribution in [3.8, 4) is 0 Å². The van der Waals surface area contributed by atoms with Gasteiger partial charge < -0.3 is 4.90 Å². The first-order valence-corrected chi connectivity index (χ1v) is 5.82. The van der Waals surface area contributed by atoms with Crippen molar-refractivity contribution in [3.63, 3.8) is 0 Å². The summed E-state index contributed by atoms with van der Waals surface area (Å²) in [5, 5.41) is 0. The summed E-state index contributed by atoms with van der Waals surface area (Å²) >= 11 is 0. The van der Waals surface area contributed by atoms with Crippen molar-refractivity contribution in [2.24, 2.45) is 7.05 Å². The fourth-order valence-corrected chi connectivity index (χ4v) is 2.17. The van der Waals surface area contributed by atoms with E-state index >= 15 is 0 Å². The molecule has 1 saturated heterocycles. The molecule has 0 saturated carbocycles. The molecule has 2 heterocycles. The zero-order valence-corrected chi connectivity index (χ0v) is 10.1. The molecule has 0 N–H and O–H groups in total. The van der Waals surface area contributed by atoms with Crippen LogP contribution in [0.3, 0.4) is 0 Å². The number of hydrogen-bond acceptors (Lipinski definition) is 3. The molecule has 1 aliphatic rings. The van der Waals surface area contributed by atoms with Crippen molar-refractivity contribution in [1.29, 1.82) is 0 Å². The van der Waals surface area contributed by atoms with Crippen LogP contribution in [-0.2, 0) is 13.6 Å². The van der Waals surface area contributed by atoms with E-state index in [0.717, 1.165) is 36.3 Å². The molecular weight excluding hydrogens is 218 g/mol. The van der Waals surface area contributed by atoms with Crippen molar-refractivity contribution in [1.82, 2.24) is 9.13 Å². The van der Waals surface area contributed by atoms with Gasteiger partial charge in [-0.1, -0.05) is 6.08 Å². The maximum absolute atomic E-state index is 12.0. The lowest BCUT2D eigenvalue weighted by Crippen LogP contribution is -2.40. The minimum absolute atomic E-state index is 0.253. The maximum Gasteiger partial charge on any atom is 0.332 e. The number of rotatable bonds is 3. The van der Waals surface area contributed by atoms with Gasteiger partial charge in [0.25, 0.3) is 5.56 Å². The Balaban J connectivity index is 2.59. The van der Waals surface area contributed by atoms with E-state index in [9.17, 15) is 9.59 Å². The zero-order chi connectivity index (χ0) is 12.4. The van der Waals surface area contributed by atoms with Crippen LogP contribution in [0.15, 0.2) is 28.3 Å². The molecule has 1 aromatic rings. The highest BCUT2D eigenvalue weighted by molar-refractivity contribution is 5.39. The predicted molar refractivity (Wildman–Crippen MR) is 67.6 cm³/mol. The highest BCUT2D eigenvalue weighted by atomic mass is 16.2. The molecule has 17 heavy (non-hydrogen) atoms. The van der Waals surface area contributed by atoms with Crippen molar-refractivity contribution in [2.75, 3.05) is 18.0 Å². The van der Waals surface area contributed by atoms with E-state index in [1.165, 1.54) is 13.1 Å². The molecule has 2 rings (SSSR count). The van der Waals surface area contributed by atoms with E-state index in [0.29, 0.717) is 6.54 Å². The number of nitrogens with zero attached hydrogens (tertiary/aromatic N) is 3. The zero-order valence-electron chi connectivity index (χ0n) is 10.1. The Bertz CT molecular complexity index is 536. The number of aromatic nitrogens is 2. The standard InChI is InChI=1S/C12H17N3O2/c1-3-6-15-10(14-7-4-5-8-14)9-11(16)13(2)12(15)17/h3,9H,1,4-8H2,2H3. The Morgan fingerprint density at radius 3 is 2.59 bits per heavy atom. The molecule has 1 aliphatic heterocycles. The van der Waals surface area contributed by atoms with Crippen molar-refractivity contribution < 1.29 is 0 Å². The van der Waals surface area contributed by atoms with Gasteiger partial charge in [0.15, 0.2) is 0 Å². The summed E-state index contributed by atoms with van der Waals surface area (Å²) in [5.41, 5.74) is -0.531. The second-order valence-electron chi connectivity index (χ2n) is 4.28. The van der Waals surface area contributed by atoms with E-state index in [-0.39, 0.29) is 11.2 Å². The minimum Gasteiger partial charge on any atom is -0.358 e. The molecule has 1 fully saturated rings. The summed E-state index contributed by atoms with van der Waals surface area (Å²) in [4.78, 5) is 25.8. The fourth-order valence-electron chi connectivity index (χ4n) is 2.17. The number of hydrogen-bond donors (Lipinski definition) is 0. The van der Waals surface area contributed by atoms with Crippen LogP contribution in [0.2, 0.25) is 0 Å². The van der Waals surface area contributed by atoms with Crippen LogP contribution in [0.4, 0.5) is 5.82 Å². The van der Waals surface area contributed by atoms with E-state index in [2.05, 4.69) is 11.5 Å². The average Bonchev–Trinajstić information content (AvgIpc) is 2.83. The fraction of sp³-hybridized carbons (Fsp3) is 0.500. The molecule has 5 heteroatoms. The van der Waals surface area contributed by atoms with E-state index < -0.39 is 0 Å². The Kier molecular flexibility index (Phi) is 3.17. The molecule has 5 nitrogen and oxygen atoms in total. The predicted octanol–water partition coefficient (Wildman–Crippen LogP) is 0.333. The summed E-state index contributed by atoms with van der Waals surface area (Å²) in [6, 6.07) is 1.54. The highest BCUT2D eigenvalue weighted by Gasteiger charge is 2.17. The summed E-state index contributed by atoms with van der Waals surface area (Å²) in [6.45, 7) is 5.89. The molecule has 0 aliphatic carbocycles. The third-order valence-electron chi connectivity index (χ3n) is 3.12. The Morgan fingerprint density at radius 1 is 1.35 bits per heavy atom. The summed E-state index contributed by atoms with van der Waals surface area (Å²) in [6.07, 6.45) is 3.89. The third kappa shape index (κ3) is 2.05. The van der Waals surface area contributed by atoms with Gasteiger partial charge in [-0.25, -0.2) is 4.79 Å². The Hall–Kier alpha value is -1.78. The quantitative estimate of drug-likeness (QED) is 0.709.